The minimum absolute atomic E-state index is 0.0623. The van der Waals surface area contributed by atoms with Gasteiger partial charge in [0.1, 0.15) is 0 Å². The molecule has 0 bridgehead atoms. The Morgan fingerprint density at radius 2 is 2.20 bits per heavy atom. The Balaban J connectivity index is 2.53. The summed E-state index contributed by atoms with van der Waals surface area (Å²) in [6.07, 6.45) is 2.11. The average Bonchev–Trinajstić information content (AvgIpc) is 2.41. The summed E-state index contributed by atoms with van der Waals surface area (Å²) in [5.41, 5.74) is 2.08. The van der Waals surface area contributed by atoms with Crippen molar-refractivity contribution >= 4 is 11.7 Å². The molecule has 0 aliphatic heterocycles. The van der Waals surface area contributed by atoms with Crippen molar-refractivity contribution in [1.82, 2.24) is 0 Å². The molecule has 0 aromatic heterocycles. The summed E-state index contributed by atoms with van der Waals surface area (Å²) in [6, 6.07) is 10.0. The van der Waals surface area contributed by atoms with Gasteiger partial charge in [-0.15, -0.1) is 0 Å². The zero-order chi connectivity index (χ0) is 15.0. The van der Waals surface area contributed by atoms with Crippen LogP contribution < -0.4 is 5.32 Å². The van der Waals surface area contributed by atoms with Crippen LogP contribution in [0.15, 0.2) is 24.3 Å². The summed E-state index contributed by atoms with van der Waals surface area (Å²) in [7, 11) is 0. The van der Waals surface area contributed by atoms with Crippen LogP contribution in [0.5, 0.6) is 0 Å². The molecule has 20 heavy (non-hydrogen) atoms. The van der Waals surface area contributed by atoms with Gasteiger partial charge < -0.3 is 10.4 Å². The highest BCUT2D eigenvalue weighted by atomic mass is 16.4. The number of aryl methyl sites for hydroxylation is 1. The van der Waals surface area contributed by atoms with Crippen LogP contribution in [0.25, 0.3) is 0 Å². The lowest BCUT2D eigenvalue weighted by Crippen LogP contribution is -2.22. The third kappa shape index (κ3) is 6.24. The quantitative estimate of drug-likeness (QED) is 0.761. The molecule has 1 rings (SSSR count). The van der Waals surface area contributed by atoms with E-state index in [0.717, 1.165) is 24.2 Å². The molecule has 0 amide bonds. The van der Waals surface area contributed by atoms with Crippen LogP contribution in [0.4, 0.5) is 5.69 Å². The van der Waals surface area contributed by atoms with Gasteiger partial charge in [-0.1, -0.05) is 26.0 Å². The normalized spacial score (nSPS) is 10.8. The number of carboxylic acids is 1. The Kier molecular flexibility index (Phi) is 6.05. The molecule has 0 radical (unpaired) electrons. The Bertz CT molecular complexity index is 489. The van der Waals surface area contributed by atoms with E-state index in [2.05, 4.69) is 25.2 Å². The number of aliphatic carboxylic acids is 1. The zero-order valence-corrected chi connectivity index (χ0v) is 12.1. The van der Waals surface area contributed by atoms with E-state index < -0.39 is 5.97 Å². The fourth-order valence-corrected chi connectivity index (χ4v) is 1.91. The van der Waals surface area contributed by atoms with Gasteiger partial charge in [-0.05, 0) is 36.0 Å². The second kappa shape index (κ2) is 7.54. The van der Waals surface area contributed by atoms with Crippen molar-refractivity contribution < 1.29 is 9.90 Å². The zero-order valence-electron chi connectivity index (χ0n) is 12.1. The number of rotatable bonds is 8. The lowest BCUT2D eigenvalue weighted by atomic mass is 9.88. The Morgan fingerprint density at radius 3 is 2.85 bits per heavy atom. The number of hydrogen-bond acceptors (Lipinski definition) is 3. The molecule has 0 fully saturated rings. The maximum absolute atomic E-state index is 10.6. The van der Waals surface area contributed by atoms with Crippen molar-refractivity contribution in [3.8, 4) is 6.07 Å². The molecule has 0 unspecified atom stereocenters. The lowest BCUT2D eigenvalue weighted by Gasteiger charge is -2.24. The first-order valence-corrected chi connectivity index (χ1v) is 6.84. The van der Waals surface area contributed by atoms with Crippen molar-refractivity contribution in [2.75, 3.05) is 11.9 Å². The van der Waals surface area contributed by atoms with Crippen molar-refractivity contribution in [1.29, 1.82) is 5.26 Å². The van der Waals surface area contributed by atoms with Crippen molar-refractivity contribution in [2.24, 2.45) is 5.41 Å². The van der Waals surface area contributed by atoms with Crippen molar-refractivity contribution in [2.45, 2.75) is 39.5 Å². The number of nitrogens with one attached hydrogen (secondary N) is 1. The van der Waals surface area contributed by atoms with E-state index in [1.54, 1.807) is 0 Å². The van der Waals surface area contributed by atoms with Crippen LogP contribution in [-0.2, 0) is 11.2 Å². The van der Waals surface area contributed by atoms with Crippen LogP contribution in [-0.4, -0.2) is 17.6 Å². The van der Waals surface area contributed by atoms with E-state index in [-0.39, 0.29) is 11.8 Å². The van der Waals surface area contributed by atoms with Crippen molar-refractivity contribution in [3.05, 3.63) is 29.8 Å². The molecule has 0 aliphatic carbocycles. The molecule has 0 saturated carbocycles. The van der Waals surface area contributed by atoms with Gasteiger partial charge in [0.25, 0.3) is 0 Å². The van der Waals surface area contributed by atoms with Crippen LogP contribution >= 0.6 is 0 Å². The third-order valence-electron chi connectivity index (χ3n) is 3.24. The maximum atomic E-state index is 10.6. The molecule has 108 valence electrons. The highest BCUT2D eigenvalue weighted by Crippen LogP contribution is 2.23. The molecule has 0 heterocycles. The fourth-order valence-electron chi connectivity index (χ4n) is 1.91. The number of anilines is 1. The van der Waals surface area contributed by atoms with E-state index in [9.17, 15) is 4.79 Å². The minimum Gasteiger partial charge on any atom is -0.481 e. The number of benzene rings is 1. The maximum Gasteiger partial charge on any atom is 0.303 e. The monoisotopic (exact) mass is 274 g/mol. The Hall–Kier alpha value is -2.02. The Morgan fingerprint density at radius 1 is 1.45 bits per heavy atom. The van der Waals surface area contributed by atoms with Crippen LogP contribution in [0.2, 0.25) is 0 Å². The van der Waals surface area contributed by atoms with Crippen LogP contribution in [0, 0.1) is 16.7 Å². The highest BCUT2D eigenvalue weighted by Gasteiger charge is 2.16. The van der Waals surface area contributed by atoms with Crippen molar-refractivity contribution in [3.63, 3.8) is 0 Å². The van der Waals surface area contributed by atoms with Gasteiger partial charge in [-0.3, -0.25) is 4.79 Å². The van der Waals surface area contributed by atoms with Gasteiger partial charge >= 0.3 is 5.97 Å². The highest BCUT2D eigenvalue weighted by molar-refractivity contribution is 5.67. The van der Waals surface area contributed by atoms with E-state index in [1.807, 2.05) is 24.3 Å². The smallest absolute Gasteiger partial charge is 0.303 e. The van der Waals surface area contributed by atoms with E-state index in [0.29, 0.717) is 12.8 Å². The summed E-state index contributed by atoms with van der Waals surface area (Å²) in [5, 5.41) is 20.7. The van der Waals surface area contributed by atoms with Gasteiger partial charge in [0.05, 0.1) is 6.07 Å². The molecule has 0 spiro atoms. The average molecular weight is 274 g/mol. The summed E-state index contributed by atoms with van der Waals surface area (Å²) in [6.45, 7) is 5.05. The third-order valence-corrected chi connectivity index (χ3v) is 3.24. The number of nitriles is 1. The first-order valence-electron chi connectivity index (χ1n) is 6.84. The largest absolute Gasteiger partial charge is 0.481 e. The van der Waals surface area contributed by atoms with Gasteiger partial charge in [0.15, 0.2) is 0 Å². The molecule has 0 atom stereocenters. The van der Waals surface area contributed by atoms with Crippen LogP contribution in [0.3, 0.4) is 0 Å². The molecule has 0 aliphatic rings. The summed E-state index contributed by atoms with van der Waals surface area (Å²) >= 11 is 0. The first kappa shape index (κ1) is 16.0. The van der Waals surface area contributed by atoms with E-state index in [1.165, 1.54) is 0 Å². The molecule has 4 heteroatoms. The van der Waals surface area contributed by atoms with E-state index >= 15 is 0 Å². The number of carbonyl (C=O) groups is 1. The molecule has 0 saturated heterocycles. The number of carboxylic acid groups (broad SMARTS) is 1. The van der Waals surface area contributed by atoms with Gasteiger partial charge in [0.2, 0.25) is 0 Å². The number of nitrogens with zero attached hydrogens (tertiary/aromatic N) is 1. The lowest BCUT2D eigenvalue weighted by molar-refractivity contribution is -0.136. The molecule has 1 aromatic rings. The summed E-state index contributed by atoms with van der Waals surface area (Å²) < 4.78 is 0. The molecule has 1 aromatic carbocycles. The molecular weight excluding hydrogens is 252 g/mol. The first-order chi connectivity index (χ1) is 9.43. The molecule has 2 N–H and O–H groups in total. The Labute approximate surface area is 120 Å². The second-order valence-corrected chi connectivity index (χ2v) is 5.77. The second-order valence-electron chi connectivity index (χ2n) is 5.77. The molecule has 4 nitrogen and oxygen atoms in total. The van der Waals surface area contributed by atoms with E-state index in [4.69, 9.17) is 10.4 Å². The predicted octanol–water partition coefficient (Wildman–Crippen LogP) is 3.45. The standard InChI is InChI=1S/C16H22N2O2/c1-16(2,9-4-10-17)12-18-14-6-3-5-13(11-14)7-8-15(19)20/h3,5-6,11,18H,4,7-9,12H2,1-2H3,(H,19,20). The predicted molar refractivity (Wildman–Crippen MR) is 79.5 cm³/mol. The van der Waals surface area contributed by atoms with Gasteiger partial charge in [0, 0.05) is 25.1 Å². The van der Waals surface area contributed by atoms with Crippen LogP contribution in [0.1, 0.15) is 38.7 Å². The summed E-state index contributed by atoms with van der Waals surface area (Å²) in [5.74, 6) is -0.777. The minimum atomic E-state index is -0.777. The fraction of sp³-hybridized carbons (Fsp3) is 0.500. The summed E-state index contributed by atoms with van der Waals surface area (Å²) in [4.78, 5) is 10.6. The van der Waals surface area contributed by atoms with Gasteiger partial charge in [-0.2, -0.15) is 5.26 Å². The molecular formula is C16H22N2O2. The topological polar surface area (TPSA) is 73.1 Å². The number of hydrogen-bond donors (Lipinski definition) is 2. The SMILES string of the molecule is CC(C)(CCC#N)CNc1cccc(CCC(=O)O)c1. The van der Waals surface area contributed by atoms with Gasteiger partial charge in [-0.25, -0.2) is 0 Å².